The zero-order valence-electron chi connectivity index (χ0n) is 15.0. The summed E-state index contributed by atoms with van der Waals surface area (Å²) >= 11 is 0. The van der Waals surface area contributed by atoms with Crippen LogP contribution in [-0.2, 0) is 17.6 Å². The number of furan rings is 1. The Bertz CT molecular complexity index is 965. The summed E-state index contributed by atoms with van der Waals surface area (Å²) in [4.78, 5) is 28.6. The van der Waals surface area contributed by atoms with Crippen molar-refractivity contribution in [3.05, 3.63) is 59.7 Å². The summed E-state index contributed by atoms with van der Waals surface area (Å²) in [5, 5.41) is 15.5. The Morgan fingerprint density at radius 1 is 1.30 bits per heavy atom. The van der Waals surface area contributed by atoms with Gasteiger partial charge in [-0.25, -0.2) is 4.79 Å². The zero-order valence-corrected chi connectivity index (χ0v) is 18.2. The van der Waals surface area contributed by atoms with E-state index in [4.69, 9.17) is 4.42 Å². The van der Waals surface area contributed by atoms with Crippen molar-refractivity contribution < 1.29 is 70.5 Å². The number of aromatic amines is 1. The number of hydrogen-bond acceptors (Lipinski definition) is 4. The second-order valence-corrected chi connectivity index (χ2v) is 6.31. The van der Waals surface area contributed by atoms with Crippen LogP contribution in [0.15, 0.2) is 47.2 Å². The number of urea groups is 1. The summed E-state index contributed by atoms with van der Waals surface area (Å²) in [7, 11) is 0. The molecular weight excluding hydrogens is 373 g/mol. The number of aliphatic carboxylic acids is 1. The normalized spacial score (nSPS) is 15.9. The van der Waals surface area contributed by atoms with E-state index in [1.54, 1.807) is 6.07 Å². The predicted molar refractivity (Wildman–Crippen MR) is 92.3 cm³/mol. The van der Waals surface area contributed by atoms with Crippen molar-refractivity contribution in [3.8, 4) is 0 Å². The number of nitrogens with one attached hydrogen (secondary N) is 2. The van der Waals surface area contributed by atoms with Gasteiger partial charge in [0.25, 0.3) is 0 Å². The van der Waals surface area contributed by atoms with Crippen molar-refractivity contribution in [2.45, 2.75) is 18.9 Å². The zero-order chi connectivity index (χ0) is 18.1. The first-order valence-electron chi connectivity index (χ1n) is 8.51. The molecule has 0 radical (unpaired) electrons. The average molecular weight is 391 g/mol. The standard InChI is InChI=1S/C19H19N3O4.K/c23-18(24)17-14-7-11-26-15(14)6-10-22(17)19(25)21-9-5-13-3-1-2-12-4-8-20-16(12)13;/h1-4,7-8,11,17,20H,5-6,9-10H2,(H,21,25)(H,23,24);/q;+1/p-1. The molecule has 1 atom stereocenters. The van der Waals surface area contributed by atoms with Gasteiger partial charge in [0.15, 0.2) is 0 Å². The fraction of sp³-hybridized carbons (Fsp3) is 0.263. The smallest absolute Gasteiger partial charge is 0.548 e. The number of carboxylic acid groups (broad SMARTS) is 1. The Balaban J connectivity index is 0.00000210. The number of carboxylic acids is 1. The maximum atomic E-state index is 12.5. The number of nitrogens with zero attached hydrogens (tertiary/aromatic N) is 1. The third-order valence-corrected chi connectivity index (χ3v) is 4.79. The SMILES string of the molecule is O=C([O-])C1c2ccoc2CCN1C(=O)NCCc1cccc2cc[nH]c12.[K+]. The number of fused-ring (bicyclic) bond motifs is 2. The van der Waals surface area contributed by atoms with Crippen molar-refractivity contribution in [1.29, 1.82) is 0 Å². The molecule has 0 saturated carbocycles. The van der Waals surface area contributed by atoms with E-state index in [1.807, 2.05) is 30.5 Å². The first kappa shape index (κ1) is 20.2. The van der Waals surface area contributed by atoms with Crippen LogP contribution in [0.1, 0.15) is 22.9 Å². The molecule has 1 aliphatic heterocycles. The average Bonchev–Trinajstić information content (AvgIpc) is 3.29. The Hall–Kier alpha value is -1.58. The van der Waals surface area contributed by atoms with Crippen LogP contribution in [0.2, 0.25) is 0 Å². The molecule has 3 heterocycles. The summed E-state index contributed by atoms with van der Waals surface area (Å²) in [5.41, 5.74) is 2.64. The van der Waals surface area contributed by atoms with Crippen molar-refractivity contribution in [2.24, 2.45) is 0 Å². The van der Waals surface area contributed by atoms with E-state index in [1.165, 1.54) is 11.2 Å². The molecule has 0 fully saturated rings. The first-order chi connectivity index (χ1) is 12.6. The fourth-order valence-electron chi connectivity index (χ4n) is 3.55. The van der Waals surface area contributed by atoms with Gasteiger partial charge in [-0.3, -0.25) is 0 Å². The second kappa shape index (κ2) is 8.62. The van der Waals surface area contributed by atoms with Crippen LogP contribution >= 0.6 is 0 Å². The van der Waals surface area contributed by atoms with Gasteiger partial charge in [-0.1, -0.05) is 18.2 Å². The molecule has 134 valence electrons. The summed E-state index contributed by atoms with van der Waals surface area (Å²) in [6.45, 7) is 0.683. The van der Waals surface area contributed by atoms with Crippen LogP contribution in [0.3, 0.4) is 0 Å². The third kappa shape index (κ3) is 4.00. The molecule has 2 aromatic heterocycles. The van der Waals surface area contributed by atoms with Crippen LogP contribution in [0, 0.1) is 0 Å². The molecule has 1 unspecified atom stereocenters. The number of hydrogen-bond donors (Lipinski definition) is 2. The molecule has 0 aliphatic carbocycles. The van der Waals surface area contributed by atoms with Gasteiger partial charge in [-0.05, 0) is 29.5 Å². The fourth-order valence-corrected chi connectivity index (χ4v) is 3.55. The molecule has 8 heteroatoms. The van der Waals surface area contributed by atoms with Crippen molar-refractivity contribution in [3.63, 3.8) is 0 Å². The number of para-hydroxylation sites is 1. The summed E-state index contributed by atoms with van der Waals surface area (Å²) < 4.78 is 5.28. The number of carbonyl (C=O) groups excluding carboxylic acids is 2. The molecule has 4 rings (SSSR count). The van der Waals surface area contributed by atoms with E-state index in [2.05, 4.69) is 10.3 Å². The Morgan fingerprint density at radius 3 is 2.96 bits per heavy atom. The summed E-state index contributed by atoms with van der Waals surface area (Å²) in [5.74, 6) is -0.708. The van der Waals surface area contributed by atoms with Crippen molar-refractivity contribution >= 4 is 22.9 Å². The maximum absolute atomic E-state index is 12.5. The van der Waals surface area contributed by atoms with E-state index in [0.29, 0.717) is 30.7 Å². The minimum absolute atomic E-state index is 0. The molecule has 0 bridgehead atoms. The monoisotopic (exact) mass is 391 g/mol. The Labute approximate surface area is 198 Å². The van der Waals surface area contributed by atoms with Crippen LogP contribution in [-0.4, -0.2) is 35.0 Å². The molecule has 0 spiro atoms. The summed E-state index contributed by atoms with van der Waals surface area (Å²) in [6, 6.07) is 8.06. The van der Waals surface area contributed by atoms with Gasteiger partial charge in [0.1, 0.15) is 11.8 Å². The Kier molecular flexibility index (Phi) is 6.43. The molecule has 2 amide bonds. The number of amides is 2. The van der Waals surface area contributed by atoms with E-state index < -0.39 is 18.0 Å². The van der Waals surface area contributed by atoms with Gasteiger partial charge < -0.3 is 29.5 Å². The number of aromatic nitrogens is 1. The Morgan fingerprint density at radius 2 is 2.15 bits per heavy atom. The van der Waals surface area contributed by atoms with Gasteiger partial charge in [-0.15, -0.1) is 0 Å². The number of carbonyl (C=O) groups is 2. The molecule has 27 heavy (non-hydrogen) atoms. The quantitative estimate of drug-likeness (QED) is 0.521. The number of benzene rings is 1. The van der Waals surface area contributed by atoms with E-state index in [0.717, 1.165) is 16.5 Å². The van der Waals surface area contributed by atoms with Gasteiger partial charge in [0, 0.05) is 36.8 Å². The molecule has 2 N–H and O–H groups in total. The van der Waals surface area contributed by atoms with Crippen molar-refractivity contribution in [2.75, 3.05) is 13.1 Å². The van der Waals surface area contributed by atoms with Gasteiger partial charge in [-0.2, -0.15) is 0 Å². The maximum Gasteiger partial charge on any atom is 1.00 e. The van der Waals surface area contributed by atoms with E-state index >= 15 is 0 Å². The van der Waals surface area contributed by atoms with Gasteiger partial charge in [0.2, 0.25) is 0 Å². The van der Waals surface area contributed by atoms with Gasteiger partial charge >= 0.3 is 57.4 Å². The van der Waals surface area contributed by atoms with E-state index in [-0.39, 0.29) is 57.9 Å². The minimum Gasteiger partial charge on any atom is -0.548 e. The molecule has 3 aromatic rings. The minimum atomic E-state index is -1.31. The second-order valence-electron chi connectivity index (χ2n) is 6.31. The predicted octanol–water partition coefficient (Wildman–Crippen LogP) is -1.63. The third-order valence-electron chi connectivity index (χ3n) is 4.79. The molecule has 1 aliphatic rings. The van der Waals surface area contributed by atoms with Crippen LogP contribution in [0.5, 0.6) is 0 Å². The molecule has 0 saturated heterocycles. The van der Waals surface area contributed by atoms with E-state index in [9.17, 15) is 14.7 Å². The topological polar surface area (TPSA) is 101 Å². The van der Waals surface area contributed by atoms with Crippen LogP contribution in [0.4, 0.5) is 4.79 Å². The first-order valence-corrected chi connectivity index (χ1v) is 8.51. The number of H-pyrrole nitrogens is 1. The molecule has 1 aromatic carbocycles. The van der Waals surface area contributed by atoms with Gasteiger partial charge in [0.05, 0.1) is 12.2 Å². The number of rotatable bonds is 4. The molecular formula is C19H18KN3O4. The van der Waals surface area contributed by atoms with Crippen LogP contribution in [0.25, 0.3) is 10.9 Å². The van der Waals surface area contributed by atoms with Crippen molar-refractivity contribution in [1.82, 2.24) is 15.2 Å². The summed E-state index contributed by atoms with van der Waals surface area (Å²) in [6.07, 6.45) is 4.46. The van der Waals surface area contributed by atoms with Crippen LogP contribution < -0.4 is 61.8 Å². The molecule has 7 nitrogen and oxygen atoms in total. The largest absolute Gasteiger partial charge is 1.00 e.